The number of ether oxygens (including phenoxy) is 2. The highest BCUT2D eigenvalue weighted by molar-refractivity contribution is 6.03. The average Bonchev–Trinajstić information content (AvgIpc) is 2.67. The molecular weight excluding hydrogens is 354 g/mol. The zero-order valence-corrected chi connectivity index (χ0v) is 17.0. The number of rotatable bonds is 7. The van der Waals surface area contributed by atoms with Crippen molar-refractivity contribution in [2.75, 3.05) is 13.2 Å². The van der Waals surface area contributed by atoms with Crippen molar-refractivity contribution in [3.63, 3.8) is 0 Å². The highest BCUT2D eigenvalue weighted by Crippen LogP contribution is 2.43. The number of ketones is 1. The molecule has 28 heavy (non-hydrogen) atoms. The Kier molecular flexibility index (Phi) is 6.55. The molecule has 1 aliphatic heterocycles. The van der Waals surface area contributed by atoms with Crippen LogP contribution in [0.4, 0.5) is 0 Å². The van der Waals surface area contributed by atoms with E-state index in [2.05, 4.69) is 12.2 Å². The molecule has 1 heterocycles. The van der Waals surface area contributed by atoms with E-state index < -0.39 is 5.92 Å². The average molecular weight is 383 g/mol. The topological polar surface area (TPSA) is 64.6 Å². The molecule has 0 fully saturated rings. The molecule has 0 radical (unpaired) electrons. The molecule has 150 valence electrons. The van der Waals surface area contributed by atoms with Gasteiger partial charge in [-0.3, -0.25) is 4.79 Å². The first kappa shape index (κ1) is 20.2. The molecule has 0 aromatic heterocycles. The van der Waals surface area contributed by atoms with E-state index in [9.17, 15) is 9.59 Å². The van der Waals surface area contributed by atoms with Gasteiger partial charge in [-0.15, -0.1) is 0 Å². The van der Waals surface area contributed by atoms with Crippen molar-refractivity contribution in [2.45, 2.75) is 58.8 Å². The molecule has 0 amide bonds. The first-order valence-electron chi connectivity index (χ1n) is 10.2. The summed E-state index contributed by atoms with van der Waals surface area (Å²) in [6, 6.07) is 7.68. The third-order valence-corrected chi connectivity index (χ3v) is 5.23. The van der Waals surface area contributed by atoms with Crippen LogP contribution >= 0.6 is 0 Å². The lowest BCUT2D eigenvalue weighted by Crippen LogP contribution is -2.34. The second-order valence-electron chi connectivity index (χ2n) is 7.26. The second-order valence-corrected chi connectivity index (χ2v) is 7.26. The van der Waals surface area contributed by atoms with Crippen molar-refractivity contribution in [2.24, 2.45) is 0 Å². The van der Waals surface area contributed by atoms with Crippen LogP contribution in [-0.2, 0) is 14.3 Å². The molecule has 1 N–H and O–H groups in total. The summed E-state index contributed by atoms with van der Waals surface area (Å²) in [6.45, 7) is 6.82. The Balaban J connectivity index is 2.05. The minimum absolute atomic E-state index is 0.104. The number of carbonyl (C=O) groups is 2. The molecule has 3 rings (SSSR count). The normalized spacial score (nSPS) is 19.2. The van der Waals surface area contributed by atoms with Crippen LogP contribution in [0.1, 0.15) is 64.4 Å². The van der Waals surface area contributed by atoms with Crippen molar-refractivity contribution in [3.8, 4) is 5.75 Å². The molecule has 5 heteroatoms. The number of nitrogens with one attached hydrogen (secondary N) is 1. The van der Waals surface area contributed by atoms with E-state index >= 15 is 0 Å². The number of benzene rings is 1. The zero-order valence-electron chi connectivity index (χ0n) is 17.0. The summed E-state index contributed by atoms with van der Waals surface area (Å²) in [5.41, 5.74) is 3.82. The van der Waals surface area contributed by atoms with Crippen molar-refractivity contribution < 1.29 is 19.1 Å². The van der Waals surface area contributed by atoms with E-state index in [1.54, 1.807) is 0 Å². The van der Waals surface area contributed by atoms with Gasteiger partial charge in [0, 0.05) is 29.3 Å². The Morgan fingerprint density at radius 2 is 2.07 bits per heavy atom. The lowest BCUT2D eigenvalue weighted by Gasteiger charge is -2.34. The van der Waals surface area contributed by atoms with Gasteiger partial charge in [-0.05, 0) is 50.8 Å². The van der Waals surface area contributed by atoms with Gasteiger partial charge in [0.1, 0.15) is 5.75 Å². The van der Waals surface area contributed by atoms with Crippen LogP contribution < -0.4 is 10.1 Å². The van der Waals surface area contributed by atoms with Gasteiger partial charge < -0.3 is 14.8 Å². The molecule has 0 saturated heterocycles. The van der Waals surface area contributed by atoms with E-state index in [4.69, 9.17) is 9.47 Å². The van der Waals surface area contributed by atoms with Gasteiger partial charge in [0.05, 0.1) is 18.8 Å². The van der Waals surface area contributed by atoms with Crippen LogP contribution in [0.25, 0.3) is 0 Å². The number of allylic oxidation sites excluding steroid dienone is 3. The fourth-order valence-electron chi connectivity index (χ4n) is 3.92. The van der Waals surface area contributed by atoms with Crippen molar-refractivity contribution in [3.05, 3.63) is 52.4 Å². The Bertz CT molecular complexity index is 822. The van der Waals surface area contributed by atoms with Crippen LogP contribution in [0.15, 0.2) is 46.8 Å². The number of esters is 1. The Hall–Kier alpha value is -2.56. The quantitative estimate of drug-likeness (QED) is 0.559. The zero-order chi connectivity index (χ0) is 20.1. The summed E-state index contributed by atoms with van der Waals surface area (Å²) in [4.78, 5) is 25.8. The van der Waals surface area contributed by atoms with Crippen LogP contribution in [-0.4, -0.2) is 25.0 Å². The predicted octanol–water partition coefficient (Wildman–Crippen LogP) is 4.40. The molecule has 5 nitrogen and oxygen atoms in total. The SMILES string of the molecule is CCCCOC(=O)C1=C(C)NC2=C(C(=O)CCC2)[C@@H]1c1cccc(OCC)c1. The lowest BCUT2D eigenvalue weighted by molar-refractivity contribution is -0.139. The van der Waals surface area contributed by atoms with Gasteiger partial charge in [-0.2, -0.15) is 0 Å². The van der Waals surface area contributed by atoms with E-state index in [1.165, 1.54) is 0 Å². The number of unbranched alkanes of at least 4 members (excludes halogenated alkanes) is 1. The van der Waals surface area contributed by atoms with E-state index in [0.717, 1.165) is 48.4 Å². The summed E-state index contributed by atoms with van der Waals surface area (Å²) < 4.78 is 11.2. The monoisotopic (exact) mass is 383 g/mol. The number of dihydropyridines is 1. The molecule has 1 aromatic carbocycles. The minimum Gasteiger partial charge on any atom is -0.494 e. The van der Waals surface area contributed by atoms with Gasteiger partial charge in [0.15, 0.2) is 5.78 Å². The molecule has 1 aromatic rings. The molecule has 0 spiro atoms. The van der Waals surface area contributed by atoms with E-state index in [-0.39, 0.29) is 11.8 Å². The summed E-state index contributed by atoms with van der Waals surface area (Å²) >= 11 is 0. The van der Waals surface area contributed by atoms with Crippen molar-refractivity contribution in [1.82, 2.24) is 5.32 Å². The maximum absolute atomic E-state index is 13.0. The third kappa shape index (κ3) is 4.13. The maximum Gasteiger partial charge on any atom is 0.336 e. The second kappa shape index (κ2) is 9.09. The molecular formula is C23H29NO4. The molecule has 1 atom stereocenters. The van der Waals surface area contributed by atoms with Gasteiger partial charge in [-0.25, -0.2) is 4.79 Å². The fraction of sp³-hybridized carbons (Fsp3) is 0.478. The van der Waals surface area contributed by atoms with E-state index in [0.29, 0.717) is 30.8 Å². The summed E-state index contributed by atoms with van der Waals surface area (Å²) in [5, 5.41) is 3.32. The largest absolute Gasteiger partial charge is 0.494 e. The standard InChI is InChI=1S/C23H29NO4/c1-4-6-13-28-23(26)20-15(3)24-18-11-8-12-19(25)22(18)21(20)16-9-7-10-17(14-16)27-5-2/h7,9-10,14,21,24H,4-6,8,11-13H2,1-3H3/t21-/m1/s1. The van der Waals surface area contributed by atoms with Crippen LogP contribution in [0.3, 0.4) is 0 Å². The van der Waals surface area contributed by atoms with Gasteiger partial charge >= 0.3 is 5.97 Å². The number of Topliss-reactive ketones (excluding diaryl/α,β-unsaturated/α-hetero) is 1. The third-order valence-electron chi connectivity index (χ3n) is 5.23. The van der Waals surface area contributed by atoms with Crippen LogP contribution in [0, 0.1) is 0 Å². The molecule has 0 unspecified atom stereocenters. The van der Waals surface area contributed by atoms with Gasteiger partial charge in [0.2, 0.25) is 0 Å². The fourth-order valence-corrected chi connectivity index (χ4v) is 3.92. The lowest BCUT2D eigenvalue weighted by atomic mass is 9.75. The van der Waals surface area contributed by atoms with Crippen LogP contribution in [0.5, 0.6) is 5.75 Å². The first-order valence-corrected chi connectivity index (χ1v) is 10.2. The minimum atomic E-state index is -0.418. The summed E-state index contributed by atoms with van der Waals surface area (Å²) in [6.07, 6.45) is 3.94. The van der Waals surface area contributed by atoms with Crippen LogP contribution in [0.2, 0.25) is 0 Å². The smallest absolute Gasteiger partial charge is 0.336 e. The molecule has 0 saturated carbocycles. The Morgan fingerprint density at radius 1 is 1.25 bits per heavy atom. The molecule has 2 aliphatic rings. The van der Waals surface area contributed by atoms with E-state index in [1.807, 2.05) is 38.1 Å². The summed E-state index contributed by atoms with van der Waals surface area (Å²) in [5.74, 6) is 0.0704. The number of hydrogen-bond acceptors (Lipinski definition) is 5. The molecule has 1 aliphatic carbocycles. The van der Waals surface area contributed by atoms with Gasteiger partial charge in [-0.1, -0.05) is 25.5 Å². The van der Waals surface area contributed by atoms with Crippen molar-refractivity contribution >= 4 is 11.8 Å². The predicted molar refractivity (Wildman–Crippen MR) is 108 cm³/mol. The number of carbonyl (C=O) groups excluding carboxylic acids is 2. The number of hydrogen-bond donors (Lipinski definition) is 1. The summed E-state index contributed by atoms with van der Waals surface area (Å²) in [7, 11) is 0. The van der Waals surface area contributed by atoms with Gasteiger partial charge in [0.25, 0.3) is 0 Å². The highest BCUT2D eigenvalue weighted by atomic mass is 16.5. The highest BCUT2D eigenvalue weighted by Gasteiger charge is 2.39. The molecule has 0 bridgehead atoms. The maximum atomic E-state index is 13.0. The Labute approximate surface area is 166 Å². The van der Waals surface area contributed by atoms with Crippen molar-refractivity contribution in [1.29, 1.82) is 0 Å². The Morgan fingerprint density at radius 3 is 2.82 bits per heavy atom. The first-order chi connectivity index (χ1) is 13.6.